The number of carbonyl (C=O) groups excluding carboxylic acids is 3. The maximum atomic E-state index is 11.8. The van der Waals surface area contributed by atoms with Crippen LogP contribution in [0.2, 0.25) is 0 Å². The molecule has 0 aliphatic rings. The fourth-order valence-corrected chi connectivity index (χ4v) is 1.37. The number of primary amides is 1. The molecule has 0 saturated carbocycles. The van der Waals surface area contributed by atoms with Crippen molar-refractivity contribution in [2.75, 3.05) is 6.54 Å². The molecule has 18 heavy (non-hydrogen) atoms. The van der Waals surface area contributed by atoms with Crippen LogP contribution in [0.3, 0.4) is 0 Å². The van der Waals surface area contributed by atoms with E-state index in [4.69, 9.17) is 11.5 Å². The quantitative estimate of drug-likeness (QED) is 0.441. The summed E-state index contributed by atoms with van der Waals surface area (Å²) in [5.41, 5.74) is 10.3. The Balaban J connectivity index is 4.50. The van der Waals surface area contributed by atoms with Gasteiger partial charge >= 0.3 is 0 Å². The lowest BCUT2D eigenvalue weighted by atomic mass is 9.98. The van der Waals surface area contributed by atoms with Crippen LogP contribution in [0.5, 0.6) is 0 Å². The van der Waals surface area contributed by atoms with Crippen molar-refractivity contribution in [3.05, 3.63) is 0 Å². The monoisotopic (exact) mass is 258 g/mol. The summed E-state index contributed by atoms with van der Waals surface area (Å²) in [5.74, 6) is -1.54. The zero-order valence-corrected chi connectivity index (χ0v) is 11.0. The van der Waals surface area contributed by atoms with Crippen LogP contribution >= 0.6 is 0 Å². The second-order valence-electron chi connectivity index (χ2n) is 4.27. The highest BCUT2D eigenvalue weighted by atomic mass is 16.2. The number of hydrogen-bond acceptors (Lipinski definition) is 4. The van der Waals surface area contributed by atoms with Crippen molar-refractivity contribution < 1.29 is 14.4 Å². The Morgan fingerprint density at radius 1 is 1.17 bits per heavy atom. The van der Waals surface area contributed by atoms with Crippen molar-refractivity contribution >= 4 is 17.7 Å². The van der Waals surface area contributed by atoms with Gasteiger partial charge in [0.25, 0.3) is 0 Å². The largest absolute Gasteiger partial charge is 0.368 e. The maximum absolute atomic E-state index is 11.8. The van der Waals surface area contributed by atoms with Crippen molar-refractivity contribution in [2.24, 2.45) is 17.4 Å². The van der Waals surface area contributed by atoms with Crippen molar-refractivity contribution in [3.8, 4) is 0 Å². The Labute approximate surface area is 107 Å². The first kappa shape index (κ1) is 16.4. The highest BCUT2D eigenvalue weighted by Gasteiger charge is 2.26. The molecule has 0 aliphatic carbocycles. The first-order chi connectivity index (χ1) is 8.33. The van der Waals surface area contributed by atoms with Crippen molar-refractivity contribution in [2.45, 2.75) is 39.3 Å². The van der Waals surface area contributed by atoms with E-state index in [1.807, 2.05) is 13.8 Å². The van der Waals surface area contributed by atoms with Crippen molar-refractivity contribution in [1.82, 2.24) is 10.6 Å². The maximum Gasteiger partial charge on any atom is 0.242 e. The van der Waals surface area contributed by atoms with Gasteiger partial charge in [-0.1, -0.05) is 20.3 Å². The first-order valence-electron chi connectivity index (χ1n) is 5.92. The van der Waals surface area contributed by atoms with Crippen LogP contribution in [0.1, 0.15) is 27.2 Å². The van der Waals surface area contributed by atoms with Crippen LogP contribution in [0, 0.1) is 5.92 Å². The van der Waals surface area contributed by atoms with Gasteiger partial charge in [0.15, 0.2) is 0 Å². The smallest absolute Gasteiger partial charge is 0.242 e. The summed E-state index contributed by atoms with van der Waals surface area (Å²) in [4.78, 5) is 34.0. The van der Waals surface area contributed by atoms with Gasteiger partial charge in [-0.25, -0.2) is 0 Å². The summed E-state index contributed by atoms with van der Waals surface area (Å²) < 4.78 is 0. The van der Waals surface area contributed by atoms with Gasteiger partial charge in [0, 0.05) is 0 Å². The fourth-order valence-electron chi connectivity index (χ4n) is 1.37. The molecule has 0 spiro atoms. The molecule has 0 radical (unpaired) electrons. The molecule has 0 saturated heterocycles. The summed E-state index contributed by atoms with van der Waals surface area (Å²) in [6, 6.07) is -1.49. The lowest BCUT2D eigenvalue weighted by Crippen LogP contribution is -2.54. The number of amides is 3. The summed E-state index contributed by atoms with van der Waals surface area (Å²) in [6.45, 7) is 5.03. The fraction of sp³-hybridized carbons (Fsp3) is 0.727. The molecular weight excluding hydrogens is 236 g/mol. The summed E-state index contributed by atoms with van der Waals surface area (Å²) in [7, 11) is 0. The van der Waals surface area contributed by atoms with Crippen LogP contribution in [-0.2, 0) is 14.4 Å². The Hall–Kier alpha value is -1.63. The molecule has 3 atom stereocenters. The third-order valence-corrected chi connectivity index (χ3v) is 2.77. The first-order valence-corrected chi connectivity index (χ1v) is 5.92. The van der Waals surface area contributed by atoms with Crippen LogP contribution in [-0.4, -0.2) is 36.3 Å². The second-order valence-corrected chi connectivity index (χ2v) is 4.27. The van der Waals surface area contributed by atoms with Crippen LogP contribution in [0.15, 0.2) is 0 Å². The number of nitrogens with two attached hydrogens (primary N) is 2. The van der Waals surface area contributed by atoms with Gasteiger partial charge in [0.2, 0.25) is 17.7 Å². The minimum Gasteiger partial charge on any atom is -0.368 e. The zero-order valence-electron chi connectivity index (χ0n) is 11.0. The normalized spacial score (nSPS) is 15.3. The zero-order chi connectivity index (χ0) is 14.3. The van der Waals surface area contributed by atoms with E-state index in [-0.39, 0.29) is 12.5 Å². The van der Waals surface area contributed by atoms with Crippen molar-refractivity contribution in [3.63, 3.8) is 0 Å². The number of nitrogens with one attached hydrogen (secondary N) is 2. The molecule has 7 heteroatoms. The van der Waals surface area contributed by atoms with Gasteiger partial charge in [-0.05, 0) is 12.8 Å². The van der Waals surface area contributed by atoms with Crippen LogP contribution < -0.4 is 22.1 Å². The number of carbonyl (C=O) groups is 3. The van der Waals surface area contributed by atoms with E-state index >= 15 is 0 Å². The molecule has 104 valence electrons. The van der Waals surface area contributed by atoms with E-state index in [1.165, 1.54) is 6.92 Å². The van der Waals surface area contributed by atoms with Gasteiger partial charge in [-0.15, -0.1) is 0 Å². The number of rotatable bonds is 7. The summed E-state index contributed by atoms with van der Waals surface area (Å²) >= 11 is 0. The van der Waals surface area contributed by atoms with Gasteiger partial charge in [0.1, 0.15) is 12.1 Å². The molecule has 0 bridgehead atoms. The predicted octanol–water partition coefficient (Wildman–Crippen LogP) is -1.53. The minimum absolute atomic E-state index is 0.0659. The molecule has 0 fully saturated rings. The molecule has 6 N–H and O–H groups in total. The molecule has 0 unspecified atom stereocenters. The number of hydrogen-bond donors (Lipinski definition) is 4. The van der Waals surface area contributed by atoms with Gasteiger partial charge in [0.05, 0.1) is 6.54 Å². The molecule has 0 aromatic heterocycles. The van der Waals surface area contributed by atoms with Gasteiger partial charge < -0.3 is 22.1 Å². The molecule has 0 aromatic rings. The van der Waals surface area contributed by atoms with E-state index in [9.17, 15) is 14.4 Å². The molecule has 0 aromatic carbocycles. The molecule has 0 rings (SSSR count). The Bertz CT molecular complexity index is 319. The van der Waals surface area contributed by atoms with Crippen molar-refractivity contribution in [1.29, 1.82) is 0 Å². The van der Waals surface area contributed by atoms with E-state index in [2.05, 4.69) is 10.6 Å². The average Bonchev–Trinajstić information content (AvgIpc) is 2.33. The van der Waals surface area contributed by atoms with Gasteiger partial charge in [-0.3, -0.25) is 14.4 Å². The standard InChI is InChI=1S/C11H22N4O3/c1-4-6(2)9(10(13)17)15-11(18)7(3)14-8(16)5-12/h6-7,9H,4-5,12H2,1-3H3,(H2,13,17)(H,14,16)(H,15,18)/t6-,7-,9-/m1/s1. The third-order valence-electron chi connectivity index (χ3n) is 2.77. The van der Waals surface area contributed by atoms with Gasteiger partial charge in [-0.2, -0.15) is 0 Å². The summed E-state index contributed by atoms with van der Waals surface area (Å²) in [5, 5.41) is 4.93. The Kier molecular flexibility index (Phi) is 6.96. The molecular formula is C11H22N4O3. The summed E-state index contributed by atoms with van der Waals surface area (Å²) in [6.07, 6.45) is 0.706. The lowest BCUT2D eigenvalue weighted by Gasteiger charge is -2.23. The van der Waals surface area contributed by atoms with Crippen LogP contribution in [0.4, 0.5) is 0 Å². The minimum atomic E-state index is -0.757. The highest BCUT2D eigenvalue weighted by molar-refractivity contribution is 5.91. The van der Waals surface area contributed by atoms with E-state index < -0.39 is 29.8 Å². The molecule has 3 amide bonds. The van der Waals surface area contributed by atoms with E-state index in [0.29, 0.717) is 6.42 Å². The van der Waals surface area contributed by atoms with E-state index in [0.717, 1.165) is 0 Å². The molecule has 0 heterocycles. The molecule has 0 aliphatic heterocycles. The average molecular weight is 258 g/mol. The second kappa shape index (κ2) is 7.65. The lowest BCUT2D eigenvalue weighted by molar-refractivity contribution is -0.131. The predicted molar refractivity (Wildman–Crippen MR) is 67.2 cm³/mol. The Morgan fingerprint density at radius 2 is 1.72 bits per heavy atom. The topological polar surface area (TPSA) is 127 Å². The molecule has 7 nitrogen and oxygen atoms in total. The Morgan fingerprint density at radius 3 is 2.11 bits per heavy atom. The van der Waals surface area contributed by atoms with Crippen LogP contribution in [0.25, 0.3) is 0 Å². The SMILES string of the molecule is CC[C@@H](C)[C@@H](NC(=O)[C@@H](C)NC(=O)CN)C(N)=O. The van der Waals surface area contributed by atoms with E-state index in [1.54, 1.807) is 0 Å². The third kappa shape index (κ3) is 5.13. The highest BCUT2D eigenvalue weighted by Crippen LogP contribution is 2.07.